The van der Waals surface area contributed by atoms with Crippen LogP contribution in [-0.2, 0) is 14.4 Å². The van der Waals surface area contributed by atoms with Gasteiger partial charge in [-0.25, -0.2) is 4.39 Å². The first-order valence-electron chi connectivity index (χ1n) is 17.1. The van der Waals surface area contributed by atoms with E-state index in [1.54, 1.807) is 24.8 Å². The molecule has 13 heteroatoms. The molecule has 4 amide bonds. The summed E-state index contributed by atoms with van der Waals surface area (Å²) in [5.41, 5.74) is 1.27. The van der Waals surface area contributed by atoms with Gasteiger partial charge in [-0.2, -0.15) is 0 Å². The maximum atomic E-state index is 15.7. The van der Waals surface area contributed by atoms with Crippen molar-refractivity contribution in [1.29, 1.82) is 0 Å². The fraction of sp³-hybridized carbons (Fsp3) is 0.629. The third-order valence-corrected chi connectivity index (χ3v) is 11.9. The summed E-state index contributed by atoms with van der Waals surface area (Å²) in [4.78, 5) is 57.2. The third kappa shape index (κ3) is 8.90. The van der Waals surface area contributed by atoms with E-state index in [1.807, 2.05) is 20.9 Å². The number of nitrogens with one attached hydrogen (secondary N) is 3. The number of aromatic nitrogens is 1. The molecule has 0 bridgehead atoms. The first-order chi connectivity index (χ1) is 22.8. The predicted molar refractivity (Wildman–Crippen MR) is 184 cm³/mol. The number of halogens is 1. The number of nitrogens with zero attached hydrogens (tertiary/aromatic N) is 3. The molecule has 48 heavy (non-hydrogen) atoms. The van der Waals surface area contributed by atoms with Gasteiger partial charge >= 0.3 is 0 Å². The van der Waals surface area contributed by atoms with Crippen molar-refractivity contribution in [3.63, 3.8) is 0 Å². The monoisotopic (exact) mass is 682 g/mol. The Morgan fingerprint density at radius 1 is 1.08 bits per heavy atom. The van der Waals surface area contributed by atoms with Crippen molar-refractivity contribution in [2.24, 2.45) is 5.92 Å². The highest BCUT2D eigenvalue weighted by molar-refractivity contribution is 6.38. The smallest absolute Gasteiger partial charge is 0.257 e. The van der Waals surface area contributed by atoms with Crippen molar-refractivity contribution < 1.29 is 28.1 Å². The summed E-state index contributed by atoms with van der Waals surface area (Å²) in [6.45, 7) is 14.3. The quantitative estimate of drug-likeness (QED) is 0.279. The van der Waals surface area contributed by atoms with Crippen LogP contribution >= 0.6 is 0 Å². The number of rotatable bonds is 12. The minimum Gasteiger partial charge on any atom is -0.364 e. The highest BCUT2D eigenvalue weighted by atomic mass is 28.2. The molecule has 2 fully saturated rings. The second kappa shape index (κ2) is 16.2. The van der Waals surface area contributed by atoms with Gasteiger partial charge in [0.1, 0.15) is 29.7 Å². The maximum absolute atomic E-state index is 15.7. The summed E-state index contributed by atoms with van der Waals surface area (Å²) in [5, 5.41) is 12.7. The van der Waals surface area contributed by atoms with Gasteiger partial charge < -0.3 is 30.3 Å². The van der Waals surface area contributed by atoms with Crippen LogP contribution in [0.25, 0.3) is 0 Å². The van der Waals surface area contributed by atoms with E-state index >= 15 is 4.39 Å². The highest BCUT2D eigenvalue weighted by Crippen LogP contribution is 2.44. The zero-order chi connectivity index (χ0) is 35.2. The molecule has 0 unspecified atom stereocenters. The van der Waals surface area contributed by atoms with Gasteiger partial charge in [-0.05, 0) is 54.5 Å². The second-order valence-electron chi connectivity index (χ2n) is 13.9. The molecule has 1 aromatic heterocycles. The lowest BCUT2D eigenvalue weighted by Crippen LogP contribution is -2.55. The largest absolute Gasteiger partial charge is 0.364 e. The molecule has 1 aliphatic carbocycles. The van der Waals surface area contributed by atoms with E-state index in [0.717, 1.165) is 48.3 Å². The number of anilines is 1. The molecule has 262 valence electrons. The lowest BCUT2D eigenvalue weighted by atomic mass is 9.78. The van der Waals surface area contributed by atoms with Crippen molar-refractivity contribution in [1.82, 2.24) is 25.6 Å². The van der Waals surface area contributed by atoms with Crippen LogP contribution in [0.3, 0.4) is 0 Å². The average Bonchev–Trinajstić information content (AvgIpc) is 3.58. The van der Waals surface area contributed by atoms with Gasteiger partial charge in [0.2, 0.25) is 17.7 Å². The summed E-state index contributed by atoms with van der Waals surface area (Å²) in [7, 11) is 2.77. The molecular formula is C35H51FN6O5Si. The number of amides is 4. The molecule has 3 atom stereocenters. The van der Waals surface area contributed by atoms with Crippen LogP contribution in [0.5, 0.6) is 0 Å². The molecule has 2 aliphatic rings. The van der Waals surface area contributed by atoms with Crippen LogP contribution < -0.4 is 16.0 Å². The molecule has 2 heterocycles. The molecule has 1 aromatic carbocycles. The summed E-state index contributed by atoms with van der Waals surface area (Å²) < 4.78 is 20.8. The van der Waals surface area contributed by atoms with E-state index in [9.17, 15) is 19.2 Å². The summed E-state index contributed by atoms with van der Waals surface area (Å²) in [5.74, 6) is -2.82. The molecule has 2 aromatic rings. The normalized spacial score (nSPS) is 22.1. The molecule has 1 saturated heterocycles. The van der Waals surface area contributed by atoms with E-state index in [1.165, 1.54) is 18.4 Å². The van der Waals surface area contributed by atoms with E-state index in [2.05, 4.69) is 39.5 Å². The van der Waals surface area contributed by atoms with E-state index in [0.29, 0.717) is 24.3 Å². The molecule has 1 aliphatic heterocycles. The van der Waals surface area contributed by atoms with E-state index < -0.39 is 35.6 Å². The Labute approximate surface area is 285 Å². The Morgan fingerprint density at radius 2 is 1.75 bits per heavy atom. The highest BCUT2D eigenvalue weighted by Gasteiger charge is 2.38. The first-order valence-corrected chi connectivity index (χ1v) is 18.6. The van der Waals surface area contributed by atoms with Crippen LogP contribution in [0.15, 0.2) is 29.0 Å². The lowest BCUT2D eigenvalue weighted by molar-refractivity contribution is -0.138. The molecule has 11 nitrogen and oxygen atoms in total. The first kappa shape index (κ1) is 37.2. The predicted octanol–water partition coefficient (Wildman–Crippen LogP) is 4.57. The van der Waals surface area contributed by atoms with Crippen LogP contribution in [-0.4, -0.2) is 93.4 Å². The molecule has 0 spiro atoms. The van der Waals surface area contributed by atoms with Crippen molar-refractivity contribution in [2.75, 3.05) is 38.5 Å². The Balaban J connectivity index is 1.54. The Hall–Kier alpha value is -3.58. The number of likely N-dealkylation sites (N-methyl/N-ethyl adjacent to an activating group) is 1. The van der Waals surface area contributed by atoms with Gasteiger partial charge in [-0.15, -0.1) is 0 Å². The summed E-state index contributed by atoms with van der Waals surface area (Å²) in [6.07, 6.45) is 4.87. The molecule has 3 N–H and O–H groups in total. The summed E-state index contributed by atoms with van der Waals surface area (Å²) >= 11 is 0. The van der Waals surface area contributed by atoms with Crippen LogP contribution in [0, 0.1) is 11.7 Å². The van der Waals surface area contributed by atoms with Crippen LogP contribution in [0.2, 0.25) is 11.6 Å². The van der Waals surface area contributed by atoms with Crippen molar-refractivity contribution in [3.05, 3.63) is 47.1 Å². The van der Waals surface area contributed by atoms with Crippen LogP contribution in [0.4, 0.5) is 10.1 Å². The van der Waals surface area contributed by atoms with Gasteiger partial charge in [-0.1, -0.05) is 65.2 Å². The minimum absolute atomic E-state index is 0.0294. The average molecular weight is 683 g/mol. The molecular weight excluding hydrogens is 632 g/mol. The molecule has 2 radical (unpaired) electrons. The third-order valence-electron chi connectivity index (χ3n) is 10.2. The minimum atomic E-state index is -0.898. The SMILES string of the molecule is CCC(=O)N[C@@H](C(=O)N1CCN(C)CC1)[C@@H](C)c1ccc(NC(=O)[C@@H](NC(=O)c2conc2C(C)C)C2CCC(C)([Si]C)CC2)c(F)c1. The zero-order valence-electron chi connectivity index (χ0n) is 29.3. The summed E-state index contributed by atoms with van der Waals surface area (Å²) in [6, 6.07) is 2.68. The van der Waals surface area contributed by atoms with Crippen molar-refractivity contribution in [2.45, 2.75) is 102 Å². The Bertz CT molecular complexity index is 1450. The fourth-order valence-electron chi connectivity index (χ4n) is 6.53. The van der Waals surface area contributed by atoms with Crippen molar-refractivity contribution >= 4 is 38.8 Å². The van der Waals surface area contributed by atoms with Gasteiger partial charge in [0.05, 0.1) is 11.4 Å². The van der Waals surface area contributed by atoms with E-state index in [-0.39, 0.29) is 46.4 Å². The number of benzene rings is 1. The second-order valence-corrected chi connectivity index (χ2v) is 15.6. The molecule has 1 saturated carbocycles. The Kier molecular flexibility index (Phi) is 12.6. The van der Waals surface area contributed by atoms with Gasteiger partial charge in [0, 0.05) is 48.0 Å². The zero-order valence-corrected chi connectivity index (χ0v) is 30.3. The standard InChI is InChI=1S/C35H51FN6O5Si/c1-8-28(43)38-30(34(46)42-17-15-41(6)16-18-42)22(4)24-9-10-27(26(36)19-24)37-33(45)31(23-11-13-35(5,48-7)14-12-23)39-32(44)25-20-47-40-29(25)21(2)3/h9-10,19-23,30-31H,8,11-18H2,1-7H3,(H,37,45)(H,38,43)(H,39,44)/t22-,23?,30+,31-,35?/m0/s1. The lowest BCUT2D eigenvalue weighted by Gasteiger charge is -2.39. The van der Waals surface area contributed by atoms with Crippen molar-refractivity contribution in [3.8, 4) is 0 Å². The van der Waals surface area contributed by atoms with Gasteiger partial charge in [-0.3, -0.25) is 19.2 Å². The number of carbonyl (C=O) groups excluding carboxylic acids is 4. The van der Waals surface area contributed by atoms with Gasteiger partial charge in [0.25, 0.3) is 5.91 Å². The number of carbonyl (C=O) groups is 4. The van der Waals surface area contributed by atoms with Crippen LogP contribution in [0.1, 0.15) is 100 Å². The number of hydrogen-bond donors (Lipinski definition) is 3. The molecule has 4 rings (SSSR count). The van der Waals surface area contributed by atoms with Gasteiger partial charge in [0.15, 0.2) is 0 Å². The Morgan fingerprint density at radius 3 is 2.33 bits per heavy atom. The topological polar surface area (TPSA) is 137 Å². The number of hydrogen-bond acceptors (Lipinski definition) is 7. The fourth-order valence-corrected chi connectivity index (χ4v) is 7.32. The number of piperazine rings is 1. The van der Waals surface area contributed by atoms with E-state index in [4.69, 9.17) is 4.52 Å². The maximum Gasteiger partial charge on any atom is 0.257 e.